The van der Waals surface area contributed by atoms with E-state index in [2.05, 4.69) is 47.4 Å². The van der Waals surface area contributed by atoms with Crippen molar-refractivity contribution in [3.63, 3.8) is 0 Å². The number of imidazole rings is 1. The van der Waals surface area contributed by atoms with E-state index in [0.717, 1.165) is 19.6 Å². The zero-order valence-corrected chi connectivity index (χ0v) is 16.1. The van der Waals surface area contributed by atoms with Crippen LogP contribution >= 0.6 is 0 Å². The Hall–Kier alpha value is -1.62. The Bertz CT molecular complexity index is 749. The number of rotatable bonds is 3. The van der Waals surface area contributed by atoms with E-state index in [-0.39, 0.29) is 5.41 Å². The molecule has 2 aromatic rings. The van der Waals surface area contributed by atoms with Crippen LogP contribution in [-0.4, -0.2) is 37.7 Å². The molecule has 1 aliphatic heterocycles. The lowest BCUT2D eigenvalue weighted by Gasteiger charge is -2.23. The number of nitrogens with zero attached hydrogens (tertiary/aromatic N) is 4. The predicted octanol–water partition coefficient (Wildman–Crippen LogP) is 3.54. The molecule has 1 atom stereocenters. The number of aromatic nitrogens is 4. The molecule has 4 rings (SSSR count). The molecule has 0 saturated carbocycles. The van der Waals surface area contributed by atoms with E-state index in [1.54, 1.807) is 0 Å². The highest BCUT2D eigenvalue weighted by Crippen LogP contribution is 2.32. The van der Waals surface area contributed by atoms with Crippen molar-refractivity contribution in [2.45, 2.75) is 77.8 Å². The quantitative estimate of drug-likeness (QED) is 0.929. The Morgan fingerprint density at radius 1 is 1.24 bits per heavy atom. The van der Waals surface area contributed by atoms with Crippen molar-refractivity contribution in [1.29, 1.82) is 0 Å². The average Bonchev–Trinajstić information content (AvgIpc) is 3.24. The summed E-state index contributed by atoms with van der Waals surface area (Å²) in [5.74, 6) is 1.22. The van der Waals surface area contributed by atoms with Crippen molar-refractivity contribution >= 4 is 0 Å². The van der Waals surface area contributed by atoms with Gasteiger partial charge in [0, 0.05) is 48.0 Å². The minimum atomic E-state index is 0.116. The summed E-state index contributed by atoms with van der Waals surface area (Å²) in [5, 5.41) is 7.52. The molecule has 0 amide bonds. The summed E-state index contributed by atoms with van der Waals surface area (Å²) < 4.78 is 2.56. The largest absolute Gasteiger partial charge is 0.328 e. The summed E-state index contributed by atoms with van der Waals surface area (Å²) >= 11 is 0. The van der Waals surface area contributed by atoms with Gasteiger partial charge in [0.1, 0.15) is 5.82 Å². The molecule has 0 aromatic carbocycles. The molecule has 1 aliphatic carbocycles. The molecule has 1 N–H and O–H groups in total. The lowest BCUT2D eigenvalue weighted by molar-refractivity contribution is 0.311. The summed E-state index contributed by atoms with van der Waals surface area (Å²) in [7, 11) is 0. The first-order chi connectivity index (χ1) is 11.9. The minimum absolute atomic E-state index is 0.116. The molecule has 2 aliphatic rings. The summed E-state index contributed by atoms with van der Waals surface area (Å²) in [6, 6.07) is 0.583. The van der Waals surface area contributed by atoms with E-state index < -0.39 is 0 Å². The molecule has 5 heteroatoms. The third-order valence-corrected chi connectivity index (χ3v) is 5.82. The Morgan fingerprint density at radius 3 is 2.84 bits per heavy atom. The van der Waals surface area contributed by atoms with Gasteiger partial charge in [0.05, 0.1) is 11.9 Å². The fourth-order valence-electron chi connectivity index (χ4n) is 4.67. The van der Waals surface area contributed by atoms with E-state index in [0.29, 0.717) is 6.04 Å². The highest BCUT2D eigenvalue weighted by molar-refractivity contribution is 5.24. The number of nitrogens with one attached hydrogen (secondary N) is 1. The average molecular weight is 342 g/mol. The van der Waals surface area contributed by atoms with Gasteiger partial charge in [-0.2, -0.15) is 5.10 Å². The smallest absolute Gasteiger partial charge is 0.106 e. The van der Waals surface area contributed by atoms with Gasteiger partial charge in [-0.25, -0.2) is 4.98 Å². The van der Waals surface area contributed by atoms with Gasteiger partial charge in [-0.1, -0.05) is 20.8 Å². The van der Waals surface area contributed by atoms with Crippen molar-refractivity contribution in [2.75, 3.05) is 13.1 Å². The zero-order chi connectivity index (χ0) is 17.6. The summed E-state index contributed by atoms with van der Waals surface area (Å²) in [4.78, 5) is 7.46. The van der Waals surface area contributed by atoms with E-state index in [1.807, 2.05) is 6.20 Å². The van der Waals surface area contributed by atoms with Gasteiger partial charge in [-0.15, -0.1) is 0 Å². The first-order valence-corrected chi connectivity index (χ1v) is 9.75. The number of hydrogen-bond donors (Lipinski definition) is 1. The fraction of sp³-hybridized carbons (Fsp3) is 0.700. The van der Waals surface area contributed by atoms with Crippen LogP contribution in [0.4, 0.5) is 0 Å². The number of fused-ring (bicyclic) bond motifs is 1. The normalized spacial score (nSPS) is 21.7. The van der Waals surface area contributed by atoms with Crippen LogP contribution in [0, 0.1) is 6.92 Å². The van der Waals surface area contributed by atoms with Crippen LogP contribution in [0.2, 0.25) is 0 Å². The van der Waals surface area contributed by atoms with E-state index in [9.17, 15) is 0 Å². The molecular weight excluding hydrogens is 310 g/mol. The molecule has 5 nitrogen and oxygen atoms in total. The summed E-state index contributed by atoms with van der Waals surface area (Å²) in [5.41, 5.74) is 5.62. The number of H-pyrrole nitrogens is 1. The van der Waals surface area contributed by atoms with Gasteiger partial charge in [0.15, 0.2) is 0 Å². The van der Waals surface area contributed by atoms with Crippen molar-refractivity contribution < 1.29 is 0 Å². The Morgan fingerprint density at radius 2 is 2.04 bits per heavy atom. The molecular formula is C20H31N5. The molecule has 3 heterocycles. The lowest BCUT2D eigenvalue weighted by atomic mass is 9.89. The monoisotopic (exact) mass is 341 g/mol. The predicted molar refractivity (Wildman–Crippen MR) is 99.8 cm³/mol. The van der Waals surface area contributed by atoms with E-state index in [1.165, 1.54) is 60.6 Å². The molecule has 0 bridgehead atoms. The van der Waals surface area contributed by atoms with Gasteiger partial charge < -0.3 is 4.57 Å². The topological polar surface area (TPSA) is 49.7 Å². The second-order valence-electron chi connectivity index (χ2n) is 8.83. The third kappa shape index (κ3) is 3.14. The Kier molecular flexibility index (Phi) is 4.22. The van der Waals surface area contributed by atoms with Crippen LogP contribution in [-0.2, 0) is 24.8 Å². The number of hydrogen-bond acceptors (Lipinski definition) is 3. The molecule has 136 valence electrons. The number of likely N-dealkylation sites (tertiary alicyclic amines) is 1. The number of aromatic amines is 1. The summed E-state index contributed by atoms with van der Waals surface area (Å²) in [6.45, 7) is 12.2. The van der Waals surface area contributed by atoms with Gasteiger partial charge in [0.2, 0.25) is 0 Å². The van der Waals surface area contributed by atoms with Gasteiger partial charge in [-0.3, -0.25) is 10.00 Å². The van der Waals surface area contributed by atoms with E-state index in [4.69, 9.17) is 4.98 Å². The van der Waals surface area contributed by atoms with Crippen LogP contribution in [0.1, 0.15) is 74.5 Å². The van der Waals surface area contributed by atoms with Crippen LogP contribution in [0.3, 0.4) is 0 Å². The Balaban J connectivity index is 1.50. The van der Waals surface area contributed by atoms with Crippen LogP contribution in [0.25, 0.3) is 0 Å². The molecule has 25 heavy (non-hydrogen) atoms. The molecule has 1 fully saturated rings. The Labute approximate surface area is 150 Å². The first-order valence-electron chi connectivity index (χ1n) is 9.75. The minimum Gasteiger partial charge on any atom is -0.328 e. The maximum absolute atomic E-state index is 4.87. The van der Waals surface area contributed by atoms with Crippen molar-refractivity contribution in [1.82, 2.24) is 24.6 Å². The van der Waals surface area contributed by atoms with Crippen molar-refractivity contribution in [3.8, 4) is 0 Å². The maximum atomic E-state index is 4.87. The highest BCUT2D eigenvalue weighted by Gasteiger charge is 2.30. The molecule has 2 aromatic heterocycles. The fourth-order valence-corrected chi connectivity index (χ4v) is 4.67. The second-order valence-corrected chi connectivity index (χ2v) is 8.83. The standard InChI is InChI=1S/C20H31N5/c1-14-22-17-7-5-6-8-18(17)25(14)16-9-10-24(13-16)12-15-11-21-23-19(15)20(2,3)4/h11,16H,5-10,12-13H2,1-4H3,(H,21,23)/t16-/m0/s1. The van der Waals surface area contributed by atoms with Gasteiger partial charge >= 0.3 is 0 Å². The highest BCUT2D eigenvalue weighted by atomic mass is 15.2. The first kappa shape index (κ1) is 16.8. The lowest BCUT2D eigenvalue weighted by Crippen LogP contribution is -2.24. The second kappa shape index (κ2) is 6.27. The zero-order valence-electron chi connectivity index (χ0n) is 16.1. The number of aryl methyl sites for hydroxylation is 2. The van der Waals surface area contributed by atoms with Gasteiger partial charge in [0.25, 0.3) is 0 Å². The SMILES string of the molecule is Cc1nc2c(n1[C@H]1CCN(Cc3cn[nH]c3C(C)(C)C)C1)CCCC2. The molecule has 0 radical (unpaired) electrons. The van der Waals surface area contributed by atoms with E-state index >= 15 is 0 Å². The summed E-state index contributed by atoms with van der Waals surface area (Å²) in [6.07, 6.45) is 8.24. The molecule has 0 spiro atoms. The van der Waals surface area contributed by atoms with Crippen LogP contribution in [0.5, 0.6) is 0 Å². The maximum Gasteiger partial charge on any atom is 0.106 e. The van der Waals surface area contributed by atoms with Crippen molar-refractivity contribution in [2.24, 2.45) is 0 Å². The third-order valence-electron chi connectivity index (χ3n) is 5.82. The molecule has 1 saturated heterocycles. The van der Waals surface area contributed by atoms with Crippen molar-refractivity contribution in [3.05, 3.63) is 34.7 Å². The van der Waals surface area contributed by atoms with Gasteiger partial charge in [-0.05, 0) is 39.0 Å². The van der Waals surface area contributed by atoms with Crippen LogP contribution < -0.4 is 0 Å². The van der Waals surface area contributed by atoms with Crippen LogP contribution in [0.15, 0.2) is 6.20 Å². The molecule has 0 unspecified atom stereocenters.